The maximum absolute atomic E-state index is 4.71. The molecule has 5 nitrogen and oxygen atoms in total. The van der Waals surface area contributed by atoms with Crippen LogP contribution in [0.4, 0.5) is 0 Å². The second-order valence-electron chi connectivity index (χ2n) is 5.51. The van der Waals surface area contributed by atoms with Gasteiger partial charge in [0, 0.05) is 16.7 Å². The van der Waals surface area contributed by atoms with E-state index in [0.717, 1.165) is 32.9 Å². The van der Waals surface area contributed by atoms with Crippen molar-refractivity contribution in [3.8, 4) is 16.3 Å². The Kier molecular flexibility index (Phi) is 4.58. The topological polar surface area (TPSA) is 56.5 Å². The molecule has 25 heavy (non-hydrogen) atoms. The Hall–Kier alpha value is -2.51. The number of aromatic nitrogens is 5. The van der Waals surface area contributed by atoms with Crippen molar-refractivity contribution in [1.82, 2.24) is 25.2 Å². The Morgan fingerprint density at radius 1 is 1.04 bits per heavy atom. The lowest BCUT2D eigenvalue weighted by atomic mass is 10.2. The maximum atomic E-state index is 4.71. The van der Waals surface area contributed by atoms with E-state index in [9.17, 15) is 0 Å². The second kappa shape index (κ2) is 7.16. The van der Waals surface area contributed by atoms with Crippen LogP contribution in [-0.4, -0.2) is 25.2 Å². The quantitative estimate of drug-likeness (QED) is 0.491. The zero-order valence-electron chi connectivity index (χ0n) is 13.5. The molecular weight excluding hydrogens is 350 g/mol. The average molecular weight is 365 g/mol. The van der Waals surface area contributed by atoms with Gasteiger partial charge in [-0.1, -0.05) is 59.8 Å². The molecule has 0 saturated carbocycles. The number of tetrazole rings is 1. The molecule has 7 heteroatoms. The van der Waals surface area contributed by atoms with Crippen LogP contribution >= 0.6 is 23.1 Å². The van der Waals surface area contributed by atoms with Crippen LogP contribution in [0.25, 0.3) is 16.3 Å². The predicted molar refractivity (Wildman–Crippen MR) is 101 cm³/mol. The highest BCUT2D eigenvalue weighted by Crippen LogP contribution is 2.27. The van der Waals surface area contributed by atoms with Gasteiger partial charge in [0.1, 0.15) is 5.01 Å². The molecular formula is C18H15N5S2. The van der Waals surface area contributed by atoms with E-state index in [2.05, 4.69) is 52.1 Å². The van der Waals surface area contributed by atoms with Crippen LogP contribution in [0.3, 0.4) is 0 Å². The molecule has 0 amide bonds. The predicted octanol–water partition coefficient (Wildman–Crippen LogP) is 4.39. The van der Waals surface area contributed by atoms with E-state index in [1.165, 1.54) is 5.56 Å². The Morgan fingerprint density at radius 3 is 2.64 bits per heavy atom. The van der Waals surface area contributed by atoms with E-state index in [0.29, 0.717) is 0 Å². The second-order valence-corrected chi connectivity index (χ2v) is 7.31. The molecule has 0 atom stereocenters. The molecule has 124 valence electrons. The fraction of sp³-hybridized carbons (Fsp3) is 0.111. The average Bonchev–Trinajstić information content (AvgIpc) is 3.31. The third-order valence-corrected chi connectivity index (χ3v) is 5.53. The van der Waals surface area contributed by atoms with Gasteiger partial charge in [-0.25, -0.2) is 4.98 Å². The van der Waals surface area contributed by atoms with E-state index in [1.54, 1.807) is 27.8 Å². The van der Waals surface area contributed by atoms with Crippen molar-refractivity contribution in [2.24, 2.45) is 0 Å². The standard InChI is InChI=1S/C18H15N5S2/c1-13-7-9-16(10-8-13)23-18(20-21-22-23)25-12-15-11-24-17(19-15)14-5-3-2-4-6-14/h2-11H,12H2,1H3. The van der Waals surface area contributed by atoms with Crippen molar-refractivity contribution in [3.63, 3.8) is 0 Å². The van der Waals surface area contributed by atoms with Crippen molar-refractivity contribution in [3.05, 3.63) is 71.2 Å². The molecule has 0 aliphatic heterocycles. The summed E-state index contributed by atoms with van der Waals surface area (Å²) in [4.78, 5) is 4.71. The molecule has 0 aliphatic carbocycles. The van der Waals surface area contributed by atoms with Gasteiger partial charge in [0.25, 0.3) is 0 Å². The third-order valence-electron chi connectivity index (χ3n) is 3.64. The largest absolute Gasteiger partial charge is 0.240 e. The number of hydrogen-bond donors (Lipinski definition) is 0. The van der Waals surface area contributed by atoms with Crippen LogP contribution in [0.1, 0.15) is 11.3 Å². The number of aryl methyl sites for hydroxylation is 1. The van der Waals surface area contributed by atoms with Gasteiger partial charge in [-0.15, -0.1) is 16.4 Å². The lowest BCUT2D eigenvalue weighted by Gasteiger charge is -2.03. The summed E-state index contributed by atoms with van der Waals surface area (Å²) in [5.74, 6) is 0.732. The van der Waals surface area contributed by atoms with Crippen molar-refractivity contribution in [2.45, 2.75) is 17.8 Å². The smallest absolute Gasteiger partial charge is 0.214 e. The Labute approximate surface area is 153 Å². The summed E-state index contributed by atoms with van der Waals surface area (Å²) in [6, 6.07) is 18.4. The number of hydrogen-bond acceptors (Lipinski definition) is 6. The van der Waals surface area contributed by atoms with Crippen molar-refractivity contribution >= 4 is 23.1 Å². The molecule has 0 spiro atoms. The first-order chi connectivity index (χ1) is 12.3. The van der Waals surface area contributed by atoms with Crippen molar-refractivity contribution < 1.29 is 0 Å². The molecule has 0 fully saturated rings. The van der Waals surface area contributed by atoms with Gasteiger partial charge in [-0.3, -0.25) is 0 Å². The Bertz CT molecular complexity index is 961. The summed E-state index contributed by atoms with van der Waals surface area (Å²) in [5.41, 5.74) is 4.35. The van der Waals surface area contributed by atoms with Gasteiger partial charge in [0.15, 0.2) is 0 Å². The Balaban J connectivity index is 1.49. The van der Waals surface area contributed by atoms with Crippen LogP contribution in [0, 0.1) is 6.92 Å². The summed E-state index contributed by atoms with van der Waals surface area (Å²) in [7, 11) is 0. The lowest BCUT2D eigenvalue weighted by Crippen LogP contribution is -1.99. The van der Waals surface area contributed by atoms with Gasteiger partial charge in [0.2, 0.25) is 5.16 Å². The summed E-state index contributed by atoms with van der Waals surface area (Å²) in [5, 5.41) is 15.9. The number of nitrogens with zero attached hydrogens (tertiary/aromatic N) is 5. The first-order valence-corrected chi connectivity index (χ1v) is 9.64. The molecule has 4 aromatic rings. The molecule has 0 saturated heterocycles. The monoisotopic (exact) mass is 365 g/mol. The van der Waals surface area contributed by atoms with Crippen molar-refractivity contribution in [2.75, 3.05) is 0 Å². The van der Waals surface area contributed by atoms with E-state index in [1.807, 2.05) is 30.3 Å². The first kappa shape index (κ1) is 16.0. The minimum atomic E-state index is 0.732. The molecule has 0 aliphatic rings. The van der Waals surface area contributed by atoms with E-state index < -0.39 is 0 Å². The molecule has 2 aromatic carbocycles. The molecule has 0 N–H and O–H groups in total. The number of benzene rings is 2. The molecule has 0 unspecified atom stereocenters. The first-order valence-electron chi connectivity index (χ1n) is 7.77. The zero-order valence-corrected chi connectivity index (χ0v) is 15.2. The highest BCUT2D eigenvalue weighted by Gasteiger charge is 2.11. The van der Waals surface area contributed by atoms with Gasteiger partial charge in [-0.2, -0.15) is 4.68 Å². The zero-order chi connectivity index (χ0) is 17.1. The minimum Gasteiger partial charge on any atom is -0.240 e. The van der Waals surface area contributed by atoms with Gasteiger partial charge in [0.05, 0.1) is 11.4 Å². The van der Waals surface area contributed by atoms with Crippen LogP contribution in [-0.2, 0) is 5.75 Å². The molecule has 2 heterocycles. The van der Waals surface area contributed by atoms with Gasteiger partial charge < -0.3 is 0 Å². The number of thiazole rings is 1. The number of thioether (sulfide) groups is 1. The fourth-order valence-electron chi connectivity index (χ4n) is 2.34. The van der Waals surface area contributed by atoms with Crippen LogP contribution in [0.2, 0.25) is 0 Å². The Morgan fingerprint density at radius 2 is 1.84 bits per heavy atom. The van der Waals surface area contributed by atoms with Crippen LogP contribution in [0.15, 0.2) is 65.1 Å². The highest BCUT2D eigenvalue weighted by molar-refractivity contribution is 7.98. The summed E-state index contributed by atoms with van der Waals surface area (Å²) >= 11 is 3.24. The number of rotatable bonds is 5. The van der Waals surface area contributed by atoms with Gasteiger partial charge >= 0.3 is 0 Å². The normalized spacial score (nSPS) is 10.9. The summed E-state index contributed by atoms with van der Waals surface area (Å²) < 4.78 is 1.76. The molecule has 4 rings (SSSR count). The van der Waals surface area contributed by atoms with Crippen LogP contribution < -0.4 is 0 Å². The fourth-order valence-corrected chi connectivity index (χ4v) is 4.06. The van der Waals surface area contributed by atoms with E-state index in [-0.39, 0.29) is 0 Å². The molecule has 0 radical (unpaired) electrons. The molecule has 2 aromatic heterocycles. The SMILES string of the molecule is Cc1ccc(-n2nnnc2SCc2csc(-c3ccccc3)n2)cc1. The van der Waals surface area contributed by atoms with E-state index >= 15 is 0 Å². The molecule has 0 bridgehead atoms. The minimum absolute atomic E-state index is 0.732. The highest BCUT2D eigenvalue weighted by atomic mass is 32.2. The van der Waals surface area contributed by atoms with Gasteiger partial charge in [-0.05, 0) is 29.5 Å². The lowest BCUT2D eigenvalue weighted by molar-refractivity contribution is 0.756. The van der Waals surface area contributed by atoms with E-state index in [4.69, 9.17) is 4.98 Å². The maximum Gasteiger partial charge on any atom is 0.214 e. The third kappa shape index (κ3) is 3.62. The van der Waals surface area contributed by atoms with Crippen LogP contribution in [0.5, 0.6) is 0 Å². The summed E-state index contributed by atoms with van der Waals surface area (Å²) in [6.45, 7) is 2.06. The van der Waals surface area contributed by atoms with Crippen molar-refractivity contribution in [1.29, 1.82) is 0 Å². The summed E-state index contributed by atoms with van der Waals surface area (Å²) in [6.07, 6.45) is 0.